The summed E-state index contributed by atoms with van der Waals surface area (Å²) in [5.74, 6) is -2.14. The van der Waals surface area contributed by atoms with Gasteiger partial charge in [0, 0.05) is 13.1 Å². The largest absolute Gasteiger partial charge is 0.481 e. The first-order valence-corrected chi connectivity index (χ1v) is 5.83. The van der Waals surface area contributed by atoms with E-state index in [2.05, 4.69) is 10.1 Å². The van der Waals surface area contributed by atoms with Gasteiger partial charge in [0.15, 0.2) is 0 Å². The Hall–Kier alpha value is -1.79. The molecular formula is C11H20N2O5. The summed E-state index contributed by atoms with van der Waals surface area (Å²) >= 11 is 0. The highest BCUT2D eigenvalue weighted by Crippen LogP contribution is 2.00. The molecule has 0 aromatic heterocycles. The average Bonchev–Trinajstić information content (AvgIpc) is 2.32. The van der Waals surface area contributed by atoms with Crippen LogP contribution in [0.25, 0.3) is 0 Å². The topological polar surface area (TPSA) is 95.9 Å². The van der Waals surface area contributed by atoms with Crippen molar-refractivity contribution in [1.82, 2.24) is 10.2 Å². The Morgan fingerprint density at radius 3 is 2.39 bits per heavy atom. The van der Waals surface area contributed by atoms with Gasteiger partial charge in [-0.15, -0.1) is 0 Å². The van der Waals surface area contributed by atoms with Crippen molar-refractivity contribution in [3.05, 3.63) is 0 Å². The summed E-state index contributed by atoms with van der Waals surface area (Å²) in [6.45, 7) is 5.42. The molecule has 0 aromatic rings. The second-order valence-electron chi connectivity index (χ2n) is 3.74. The van der Waals surface area contributed by atoms with Gasteiger partial charge in [0.05, 0.1) is 12.5 Å². The van der Waals surface area contributed by atoms with Crippen molar-refractivity contribution in [1.29, 1.82) is 0 Å². The van der Waals surface area contributed by atoms with Gasteiger partial charge >= 0.3 is 18.0 Å². The van der Waals surface area contributed by atoms with Crippen LogP contribution in [0, 0.1) is 5.92 Å². The number of aliphatic carboxylic acids is 1. The Morgan fingerprint density at radius 2 is 1.94 bits per heavy atom. The first-order valence-electron chi connectivity index (χ1n) is 5.83. The maximum Gasteiger partial charge on any atom is 0.325 e. The molecule has 0 bridgehead atoms. The van der Waals surface area contributed by atoms with Crippen LogP contribution in [0.15, 0.2) is 0 Å². The van der Waals surface area contributed by atoms with Gasteiger partial charge in [0.2, 0.25) is 0 Å². The Balaban J connectivity index is 4.19. The minimum Gasteiger partial charge on any atom is -0.481 e. The predicted molar refractivity (Wildman–Crippen MR) is 64.1 cm³/mol. The van der Waals surface area contributed by atoms with E-state index in [1.54, 1.807) is 13.8 Å². The monoisotopic (exact) mass is 260 g/mol. The molecule has 1 atom stereocenters. The molecule has 2 amide bonds. The van der Waals surface area contributed by atoms with E-state index >= 15 is 0 Å². The molecule has 18 heavy (non-hydrogen) atoms. The number of nitrogens with zero attached hydrogens (tertiary/aromatic N) is 1. The van der Waals surface area contributed by atoms with Crippen LogP contribution in [0.1, 0.15) is 20.8 Å². The lowest BCUT2D eigenvalue weighted by Gasteiger charge is -2.22. The molecule has 7 heteroatoms. The summed E-state index contributed by atoms with van der Waals surface area (Å²) in [5.41, 5.74) is 0. The van der Waals surface area contributed by atoms with Crippen LogP contribution >= 0.6 is 0 Å². The van der Waals surface area contributed by atoms with Crippen LogP contribution in [-0.2, 0) is 14.3 Å². The SMILES string of the molecule is CCOC(=O)CNC(=O)N(CC)CC(C)C(=O)O. The Labute approximate surface area is 106 Å². The lowest BCUT2D eigenvalue weighted by atomic mass is 10.2. The number of nitrogens with one attached hydrogen (secondary N) is 1. The summed E-state index contributed by atoms with van der Waals surface area (Å²) < 4.78 is 4.66. The van der Waals surface area contributed by atoms with E-state index in [-0.39, 0.29) is 19.7 Å². The van der Waals surface area contributed by atoms with Crippen molar-refractivity contribution in [3.63, 3.8) is 0 Å². The highest BCUT2D eigenvalue weighted by Gasteiger charge is 2.19. The highest BCUT2D eigenvalue weighted by molar-refractivity contribution is 5.81. The number of rotatable bonds is 7. The molecule has 0 radical (unpaired) electrons. The molecule has 1 unspecified atom stereocenters. The van der Waals surface area contributed by atoms with Crippen LogP contribution in [0.5, 0.6) is 0 Å². The summed E-state index contributed by atoms with van der Waals surface area (Å²) in [4.78, 5) is 34.7. The fourth-order valence-corrected chi connectivity index (χ4v) is 1.24. The predicted octanol–water partition coefficient (Wildman–Crippen LogP) is 0.302. The van der Waals surface area contributed by atoms with Gasteiger partial charge in [-0.1, -0.05) is 6.92 Å². The molecule has 104 valence electrons. The minimum absolute atomic E-state index is 0.0977. The molecule has 0 spiro atoms. The fourth-order valence-electron chi connectivity index (χ4n) is 1.24. The fraction of sp³-hybridized carbons (Fsp3) is 0.727. The number of hydrogen-bond acceptors (Lipinski definition) is 4. The summed E-state index contributed by atoms with van der Waals surface area (Å²) in [5, 5.41) is 11.1. The number of carbonyl (C=O) groups excluding carboxylic acids is 2. The van der Waals surface area contributed by atoms with Crippen molar-refractivity contribution in [2.75, 3.05) is 26.2 Å². The number of ether oxygens (including phenoxy) is 1. The van der Waals surface area contributed by atoms with Gasteiger partial charge in [-0.2, -0.15) is 0 Å². The van der Waals surface area contributed by atoms with Crippen LogP contribution in [0.2, 0.25) is 0 Å². The van der Waals surface area contributed by atoms with Gasteiger partial charge in [-0.3, -0.25) is 9.59 Å². The molecule has 0 aliphatic rings. The second-order valence-corrected chi connectivity index (χ2v) is 3.74. The number of amides is 2. The lowest BCUT2D eigenvalue weighted by Crippen LogP contribution is -2.44. The molecule has 0 aliphatic heterocycles. The number of esters is 1. The molecule has 2 N–H and O–H groups in total. The molecule has 0 saturated carbocycles. The van der Waals surface area contributed by atoms with E-state index < -0.39 is 23.9 Å². The maximum atomic E-state index is 11.7. The quantitative estimate of drug-likeness (QED) is 0.642. The highest BCUT2D eigenvalue weighted by atomic mass is 16.5. The minimum atomic E-state index is -0.966. The third-order valence-corrected chi connectivity index (χ3v) is 2.27. The summed E-state index contributed by atoms with van der Waals surface area (Å²) in [7, 11) is 0. The standard InChI is InChI=1S/C11H20N2O5/c1-4-13(7-8(3)10(15)16)11(17)12-6-9(14)18-5-2/h8H,4-7H2,1-3H3,(H,12,17)(H,15,16). The molecular weight excluding hydrogens is 240 g/mol. The molecule has 0 aliphatic carbocycles. The Kier molecular flexibility index (Phi) is 7.50. The second kappa shape index (κ2) is 8.32. The van der Waals surface area contributed by atoms with Gasteiger partial charge < -0.3 is 20.1 Å². The van der Waals surface area contributed by atoms with Crippen molar-refractivity contribution < 1.29 is 24.2 Å². The van der Waals surface area contributed by atoms with E-state index in [0.717, 1.165) is 0 Å². The number of urea groups is 1. The smallest absolute Gasteiger partial charge is 0.325 e. The van der Waals surface area contributed by atoms with E-state index in [1.807, 2.05) is 0 Å². The third kappa shape index (κ3) is 6.07. The normalized spacial score (nSPS) is 11.5. The number of hydrogen-bond donors (Lipinski definition) is 2. The molecule has 0 heterocycles. The number of carbonyl (C=O) groups is 3. The number of carboxylic acids is 1. The van der Waals surface area contributed by atoms with E-state index in [1.165, 1.54) is 11.8 Å². The van der Waals surface area contributed by atoms with Crippen LogP contribution < -0.4 is 5.32 Å². The van der Waals surface area contributed by atoms with E-state index in [0.29, 0.717) is 6.54 Å². The van der Waals surface area contributed by atoms with Gasteiger partial charge in [-0.25, -0.2) is 4.79 Å². The van der Waals surface area contributed by atoms with Gasteiger partial charge in [0.1, 0.15) is 6.54 Å². The molecule has 7 nitrogen and oxygen atoms in total. The molecule has 0 rings (SSSR count). The zero-order valence-corrected chi connectivity index (χ0v) is 10.9. The molecule has 0 fully saturated rings. The molecule has 0 saturated heterocycles. The van der Waals surface area contributed by atoms with Gasteiger partial charge in [0.25, 0.3) is 0 Å². The van der Waals surface area contributed by atoms with Crippen LogP contribution in [0.4, 0.5) is 4.79 Å². The lowest BCUT2D eigenvalue weighted by molar-refractivity contribution is -0.142. The number of carboxylic acid groups (broad SMARTS) is 1. The maximum absolute atomic E-state index is 11.7. The van der Waals surface area contributed by atoms with Crippen molar-refractivity contribution in [2.45, 2.75) is 20.8 Å². The van der Waals surface area contributed by atoms with E-state index in [9.17, 15) is 14.4 Å². The zero-order valence-electron chi connectivity index (χ0n) is 10.9. The Morgan fingerprint density at radius 1 is 1.33 bits per heavy atom. The molecule has 0 aromatic carbocycles. The zero-order chi connectivity index (χ0) is 14.1. The van der Waals surface area contributed by atoms with Crippen LogP contribution in [-0.4, -0.2) is 54.2 Å². The summed E-state index contributed by atoms with van der Waals surface area (Å²) in [6, 6.07) is -0.473. The van der Waals surface area contributed by atoms with E-state index in [4.69, 9.17) is 5.11 Å². The Bertz CT molecular complexity index is 306. The van der Waals surface area contributed by atoms with Crippen molar-refractivity contribution in [2.24, 2.45) is 5.92 Å². The first-order chi connectivity index (χ1) is 8.42. The third-order valence-electron chi connectivity index (χ3n) is 2.27. The van der Waals surface area contributed by atoms with Gasteiger partial charge in [-0.05, 0) is 13.8 Å². The first kappa shape index (κ1) is 16.2. The van der Waals surface area contributed by atoms with Crippen molar-refractivity contribution in [3.8, 4) is 0 Å². The van der Waals surface area contributed by atoms with Crippen LogP contribution in [0.3, 0.4) is 0 Å². The summed E-state index contributed by atoms with van der Waals surface area (Å²) in [6.07, 6.45) is 0. The van der Waals surface area contributed by atoms with Crippen molar-refractivity contribution >= 4 is 18.0 Å². The average molecular weight is 260 g/mol.